The minimum Gasteiger partial charge on any atom is -0.375 e. The Morgan fingerprint density at radius 3 is 2.76 bits per heavy atom. The maximum Gasteiger partial charge on any atom is 0.220 e. The first-order valence-electron chi connectivity index (χ1n) is 9.82. The quantitative estimate of drug-likeness (QED) is 0.404. The van der Waals surface area contributed by atoms with Crippen LogP contribution < -0.4 is 10.6 Å². The summed E-state index contributed by atoms with van der Waals surface area (Å²) >= 11 is 0. The lowest BCUT2D eigenvalue weighted by Crippen LogP contribution is -2.53. The molecule has 0 aromatic carbocycles. The molecule has 1 amide bonds. The van der Waals surface area contributed by atoms with Gasteiger partial charge in [-0.1, -0.05) is 0 Å². The Bertz CT molecular complexity index is 461. The van der Waals surface area contributed by atoms with Crippen molar-refractivity contribution >= 4 is 11.9 Å². The highest BCUT2D eigenvalue weighted by Gasteiger charge is 2.32. The molecule has 1 saturated carbocycles. The van der Waals surface area contributed by atoms with Crippen LogP contribution in [0.2, 0.25) is 0 Å². The molecule has 0 radical (unpaired) electrons. The second-order valence-corrected chi connectivity index (χ2v) is 7.09. The molecule has 2 aliphatic heterocycles. The lowest BCUT2D eigenvalue weighted by Gasteiger charge is -2.37. The molecule has 3 rings (SSSR count). The Hall–Kier alpha value is -1.34. The van der Waals surface area contributed by atoms with Gasteiger partial charge in [-0.25, -0.2) is 0 Å². The Labute approximate surface area is 150 Å². The minimum atomic E-state index is 0.129. The van der Waals surface area contributed by atoms with E-state index in [1.165, 1.54) is 0 Å². The van der Waals surface area contributed by atoms with Gasteiger partial charge in [0.05, 0.1) is 12.7 Å². The van der Waals surface area contributed by atoms with Gasteiger partial charge in [0.1, 0.15) is 6.10 Å². The van der Waals surface area contributed by atoms with Gasteiger partial charge in [-0.2, -0.15) is 0 Å². The van der Waals surface area contributed by atoms with Gasteiger partial charge in [0.25, 0.3) is 0 Å². The maximum atomic E-state index is 11.7. The molecule has 2 heterocycles. The largest absolute Gasteiger partial charge is 0.375 e. The number of hydrogen-bond acceptors (Lipinski definition) is 4. The predicted molar refractivity (Wildman–Crippen MR) is 96.7 cm³/mol. The van der Waals surface area contributed by atoms with Crippen molar-refractivity contribution in [1.82, 2.24) is 15.5 Å². The summed E-state index contributed by atoms with van der Waals surface area (Å²) in [4.78, 5) is 18.7. The summed E-state index contributed by atoms with van der Waals surface area (Å²) in [7, 11) is 0. The summed E-state index contributed by atoms with van der Waals surface area (Å²) in [5.41, 5.74) is 0. The third-order valence-corrected chi connectivity index (χ3v) is 4.87. The number of carbonyl (C=O) groups is 1. The van der Waals surface area contributed by atoms with Crippen molar-refractivity contribution in [1.29, 1.82) is 0 Å². The molecular weight excluding hydrogens is 320 g/mol. The molecule has 142 valence electrons. The molecule has 2 N–H and O–H groups in total. The Morgan fingerprint density at radius 1 is 1.20 bits per heavy atom. The zero-order valence-corrected chi connectivity index (χ0v) is 15.3. The molecule has 2 atom stereocenters. The molecule has 2 saturated heterocycles. The van der Waals surface area contributed by atoms with Crippen molar-refractivity contribution in [2.45, 2.75) is 63.7 Å². The second-order valence-electron chi connectivity index (χ2n) is 7.09. The molecule has 0 bridgehead atoms. The average Bonchev–Trinajstić information content (AvgIpc) is 3.26. The van der Waals surface area contributed by atoms with Gasteiger partial charge in [-0.05, 0) is 39.0 Å². The van der Waals surface area contributed by atoms with Gasteiger partial charge in [0, 0.05) is 45.2 Å². The Morgan fingerprint density at radius 2 is 2.04 bits per heavy atom. The van der Waals surface area contributed by atoms with Gasteiger partial charge in [-0.3, -0.25) is 9.79 Å². The van der Waals surface area contributed by atoms with E-state index in [1.807, 2.05) is 0 Å². The van der Waals surface area contributed by atoms with Crippen molar-refractivity contribution in [3.8, 4) is 0 Å². The number of aliphatic imine (C=N–C) groups is 1. The van der Waals surface area contributed by atoms with E-state index >= 15 is 0 Å². The van der Waals surface area contributed by atoms with E-state index < -0.39 is 0 Å². The molecule has 0 spiro atoms. The number of morpholine rings is 1. The lowest BCUT2D eigenvalue weighted by molar-refractivity contribution is -0.121. The predicted octanol–water partition coefficient (Wildman–Crippen LogP) is 0.891. The van der Waals surface area contributed by atoms with E-state index in [0.717, 1.165) is 64.3 Å². The van der Waals surface area contributed by atoms with Crippen LogP contribution in [0.1, 0.15) is 45.4 Å². The van der Waals surface area contributed by atoms with Gasteiger partial charge in [0.15, 0.2) is 5.96 Å². The summed E-state index contributed by atoms with van der Waals surface area (Å²) in [6.45, 7) is 6.80. The third-order valence-electron chi connectivity index (χ3n) is 4.87. The topological polar surface area (TPSA) is 75.2 Å². The monoisotopic (exact) mass is 352 g/mol. The summed E-state index contributed by atoms with van der Waals surface area (Å²) in [5.74, 6) is 1.09. The zero-order valence-electron chi connectivity index (χ0n) is 15.3. The lowest BCUT2D eigenvalue weighted by atomic mass is 10.1. The first-order chi connectivity index (χ1) is 12.3. The van der Waals surface area contributed by atoms with Crippen LogP contribution in [0.5, 0.6) is 0 Å². The van der Waals surface area contributed by atoms with Crippen molar-refractivity contribution < 1.29 is 14.3 Å². The third kappa shape index (κ3) is 5.85. The fourth-order valence-electron chi connectivity index (χ4n) is 3.37. The second kappa shape index (κ2) is 9.38. The van der Waals surface area contributed by atoms with E-state index in [9.17, 15) is 4.79 Å². The molecule has 25 heavy (non-hydrogen) atoms. The van der Waals surface area contributed by atoms with Crippen LogP contribution in [0.25, 0.3) is 0 Å². The van der Waals surface area contributed by atoms with Crippen LogP contribution in [-0.2, 0) is 14.3 Å². The summed E-state index contributed by atoms with van der Waals surface area (Å²) < 4.78 is 11.7. The van der Waals surface area contributed by atoms with Crippen LogP contribution in [0, 0.1) is 0 Å². The summed E-state index contributed by atoms with van der Waals surface area (Å²) in [6.07, 6.45) is 6.17. The highest BCUT2D eigenvalue weighted by atomic mass is 16.5. The standard InChI is InChI=1S/C18H32N4O3/c1-2-19-18(20-9-3-6-17(23)21-14-7-8-14)22-10-12-25-16(13-22)15-5-4-11-24-15/h14-16H,2-13H2,1H3,(H,19,20)(H,21,23). The zero-order chi connectivity index (χ0) is 17.5. The van der Waals surface area contributed by atoms with Gasteiger partial charge < -0.3 is 25.0 Å². The van der Waals surface area contributed by atoms with E-state index in [2.05, 4.69) is 22.5 Å². The number of ether oxygens (including phenoxy) is 2. The molecule has 2 unspecified atom stereocenters. The fourth-order valence-corrected chi connectivity index (χ4v) is 3.37. The molecule has 0 aromatic heterocycles. The normalized spacial score (nSPS) is 27.4. The molecule has 3 aliphatic rings. The van der Waals surface area contributed by atoms with E-state index in [4.69, 9.17) is 14.5 Å². The van der Waals surface area contributed by atoms with E-state index in [0.29, 0.717) is 25.6 Å². The van der Waals surface area contributed by atoms with E-state index in [1.54, 1.807) is 0 Å². The minimum absolute atomic E-state index is 0.129. The summed E-state index contributed by atoms with van der Waals surface area (Å²) in [6, 6.07) is 0.441. The number of rotatable bonds is 7. The number of hydrogen-bond donors (Lipinski definition) is 2. The highest BCUT2D eigenvalue weighted by Crippen LogP contribution is 2.21. The SMILES string of the molecule is CCNC(=NCCCC(=O)NC1CC1)N1CCOC(C2CCCO2)C1. The average molecular weight is 352 g/mol. The molecule has 7 nitrogen and oxygen atoms in total. The van der Waals surface area contributed by atoms with Crippen molar-refractivity contribution in [2.24, 2.45) is 4.99 Å². The summed E-state index contributed by atoms with van der Waals surface area (Å²) in [5, 5.41) is 6.40. The number of nitrogens with one attached hydrogen (secondary N) is 2. The smallest absolute Gasteiger partial charge is 0.220 e. The number of carbonyl (C=O) groups excluding carboxylic acids is 1. The molecule has 1 aliphatic carbocycles. The first-order valence-corrected chi connectivity index (χ1v) is 9.82. The van der Waals surface area contributed by atoms with Crippen LogP contribution in [0.4, 0.5) is 0 Å². The molecule has 3 fully saturated rings. The molecular formula is C18H32N4O3. The Balaban J connectivity index is 1.45. The van der Waals surface area contributed by atoms with Crippen LogP contribution in [0.15, 0.2) is 4.99 Å². The highest BCUT2D eigenvalue weighted by molar-refractivity contribution is 5.80. The van der Waals surface area contributed by atoms with Gasteiger partial charge in [-0.15, -0.1) is 0 Å². The van der Waals surface area contributed by atoms with Crippen LogP contribution in [-0.4, -0.2) is 74.4 Å². The number of guanidine groups is 1. The van der Waals surface area contributed by atoms with Crippen LogP contribution in [0.3, 0.4) is 0 Å². The number of amides is 1. The fraction of sp³-hybridized carbons (Fsp3) is 0.889. The first kappa shape index (κ1) is 18.5. The maximum absolute atomic E-state index is 11.7. The van der Waals surface area contributed by atoms with Gasteiger partial charge in [0.2, 0.25) is 5.91 Å². The van der Waals surface area contributed by atoms with Crippen LogP contribution >= 0.6 is 0 Å². The molecule has 0 aromatic rings. The molecule has 7 heteroatoms. The van der Waals surface area contributed by atoms with Crippen molar-refractivity contribution in [3.05, 3.63) is 0 Å². The van der Waals surface area contributed by atoms with E-state index in [-0.39, 0.29) is 18.1 Å². The van der Waals surface area contributed by atoms with Crippen molar-refractivity contribution in [2.75, 3.05) is 39.4 Å². The van der Waals surface area contributed by atoms with Gasteiger partial charge >= 0.3 is 0 Å². The van der Waals surface area contributed by atoms with Crippen molar-refractivity contribution in [3.63, 3.8) is 0 Å². The number of nitrogens with zero attached hydrogens (tertiary/aromatic N) is 2. The Kier molecular flexibility index (Phi) is 6.93.